The number of para-hydroxylation sites is 3. The molecule has 0 atom stereocenters. The number of imidazole rings is 1. The van der Waals surface area contributed by atoms with E-state index in [9.17, 15) is 0 Å². The molecule has 0 aliphatic heterocycles. The van der Waals surface area contributed by atoms with Gasteiger partial charge in [-0.15, -0.1) is 18.2 Å². The number of furan rings is 1. The summed E-state index contributed by atoms with van der Waals surface area (Å²) < 4.78 is 12.7. The standard InChI is InChI=1S/C31H19N2O.C24H26GeNS.Ir/c1-2-9-21(10-3-1)22-17-19-23(20-18-22)33-28-15-6-5-14-27(28)32-31(33)26-13-8-12-25-24-11-4-7-16-29(24)34-30(25)26;1-16(2)12-18-14-22(26-15-21(18)25(3,4)5)17-10-11-24-20(13-17)19-8-6-7-9-23(19)27-24;/h1-12,14-20H;6-9,11,13-16H,12H2,1-5H3;/q2*-1;. The van der Waals surface area contributed by atoms with Gasteiger partial charge in [0.05, 0.1) is 22.4 Å². The van der Waals surface area contributed by atoms with E-state index in [1.54, 1.807) is 0 Å². The van der Waals surface area contributed by atoms with Gasteiger partial charge in [0.25, 0.3) is 0 Å². The van der Waals surface area contributed by atoms with Gasteiger partial charge in [-0.05, 0) is 41.5 Å². The van der Waals surface area contributed by atoms with Crippen LogP contribution in [-0.2, 0) is 26.5 Å². The molecule has 0 aliphatic rings. The van der Waals surface area contributed by atoms with Crippen LogP contribution in [0.3, 0.4) is 0 Å². The molecule has 0 saturated heterocycles. The Bertz CT molecular complexity index is 3360. The summed E-state index contributed by atoms with van der Waals surface area (Å²) in [5.41, 5.74) is 11.6. The Morgan fingerprint density at radius 1 is 0.694 bits per heavy atom. The molecule has 307 valence electrons. The average Bonchev–Trinajstić information content (AvgIpc) is 3.98. The first kappa shape index (κ1) is 41.7. The second-order valence-corrected chi connectivity index (χ2v) is 28.8. The molecule has 0 fully saturated rings. The fraction of sp³-hybridized carbons (Fsp3) is 0.127. The Morgan fingerprint density at radius 2 is 1.40 bits per heavy atom. The van der Waals surface area contributed by atoms with Gasteiger partial charge in [-0.25, -0.2) is 0 Å². The molecule has 0 spiro atoms. The predicted octanol–water partition coefficient (Wildman–Crippen LogP) is 14.7. The molecule has 0 saturated carbocycles. The van der Waals surface area contributed by atoms with E-state index >= 15 is 0 Å². The van der Waals surface area contributed by atoms with Crippen molar-refractivity contribution in [1.82, 2.24) is 14.5 Å². The minimum Gasteiger partial charge on any atom is -0.501 e. The number of hydrogen-bond acceptors (Lipinski definition) is 4. The zero-order valence-corrected chi connectivity index (χ0v) is 40.7. The molecule has 0 bridgehead atoms. The summed E-state index contributed by atoms with van der Waals surface area (Å²) in [6.45, 7) is 4.60. The normalized spacial score (nSPS) is 11.7. The van der Waals surface area contributed by atoms with Crippen molar-refractivity contribution in [2.75, 3.05) is 0 Å². The number of benzene rings is 7. The molecule has 4 aromatic heterocycles. The van der Waals surface area contributed by atoms with Gasteiger partial charge in [-0.2, -0.15) is 0 Å². The molecule has 7 aromatic carbocycles. The van der Waals surface area contributed by atoms with E-state index in [1.807, 2.05) is 59.9 Å². The first-order valence-electron chi connectivity index (χ1n) is 21.0. The predicted molar refractivity (Wildman–Crippen MR) is 261 cm³/mol. The quantitative estimate of drug-likeness (QED) is 0.118. The van der Waals surface area contributed by atoms with Crippen LogP contribution in [0, 0.1) is 18.1 Å². The Kier molecular flexibility index (Phi) is 11.6. The Balaban J connectivity index is 0.000000160. The average molecular weight is 1060 g/mol. The molecule has 11 aromatic rings. The van der Waals surface area contributed by atoms with Crippen molar-refractivity contribution in [1.29, 1.82) is 0 Å². The van der Waals surface area contributed by atoms with Crippen LogP contribution in [0.25, 0.3) is 92.6 Å². The van der Waals surface area contributed by atoms with Crippen molar-refractivity contribution >= 4 is 82.1 Å². The maximum atomic E-state index is 6.32. The second kappa shape index (κ2) is 17.3. The summed E-state index contributed by atoms with van der Waals surface area (Å²) in [4.78, 5) is 9.91. The molecule has 4 nitrogen and oxygen atoms in total. The zero-order chi connectivity index (χ0) is 41.7. The zero-order valence-electron chi connectivity index (χ0n) is 35.4. The smallest absolute Gasteiger partial charge is 0.120 e. The molecule has 0 amide bonds. The van der Waals surface area contributed by atoms with Gasteiger partial charge in [0.15, 0.2) is 0 Å². The fourth-order valence-corrected chi connectivity index (χ4v) is 12.9. The third kappa shape index (κ3) is 7.97. The van der Waals surface area contributed by atoms with Crippen molar-refractivity contribution in [3.63, 3.8) is 0 Å². The topological polar surface area (TPSA) is 43.9 Å². The summed E-state index contributed by atoms with van der Waals surface area (Å²) in [7, 11) is 0. The van der Waals surface area contributed by atoms with Gasteiger partial charge in [0, 0.05) is 31.2 Å². The van der Waals surface area contributed by atoms with Crippen LogP contribution in [0.1, 0.15) is 19.4 Å². The summed E-state index contributed by atoms with van der Waals surface area (Å²) >= 11 is -0.0995. The third-order valence-corrected chi connectivity index (χ3v) is 16.8. The van der Waals surface area contributed by atoms with Crippen LogP contribution in [0.4, 0.5) is 0 Å². The summed E-state index contributed by atoms with van der Waals surface area (Å²) in [6, 6.07) is 61.7. The van der Waals surface area contributed by atoms with E-state index in [-0.39, 0.29) is 20.1 Å². The Labute approximate surface area is 383 Å². The number of fused-ring (bicyclic) bond motifs is 7. The minimum atomic E-state index is -1.94. The molecule has 7 heteroatoms. The van der Waals surface area contributed by atoms with Crippen molar-refractivity contribution in [2.45, 2.75) is 37.5 Å². The van der Waals surface area contributed by atoms with E-state index < -0.39 is 13.3 Å². The second-order valence-electron chi connectivity index (χ2n) is 17.2. The molecule has 62 heavy (non-hydrogen) atoms. The van der Waals surface area contributed by atoms with E-state index in [0.717, 1.165) is 67.7 Å². The van der Waals surface area contributed by atoms with Gasteiger partial charge < -0.3 is 8.98 Å². The third-order valence-electron chi connectivity index (χ3n) is 11.4. The van der Waals surface area contributed by atoms with Gasteiger partial charge in [0.1, 0.15) is 5.58 Å². The number of thiophene rings is 1. The van der Waals surface area contributed by atoms with Crippen molar-refractivity contribution in [3.05, 3.63) is 182 Å². The van der Waals surface area contributed by atoms with Crippen LogP contribution in [0.15, 0.2) is 168 Å². The maximum absolute atomic E-state index is 6.32. The van der Waals surface area contributed by atoms with Crippen LogP contribution in [-0.4, -0.2) is 27.8 Å². The molecule has 4 heterocycles. The van der Waals surface area contributed by atoms with Gasteiger partial charge in [-0.3, -0.25) is 4.98 Å². The molecule has 0 N–H and O–H groups in total. The number of rotatable bonds is 7. The van der Waals surface area contributed by atoms with Gasteiger partial charge >= 0.3 is 169 Å². The fourth-order valence-electron chi connectivity index (χ4n) is 8.49. The van der Waals surface area contributed by atoms with E-state index in [2.05, 4.69) is 163 Å². The molecular weight excluding hydrogens is 1020 g/mol. The molecule has 0 aliphatic carbocycles. The van der Waals surface area contributed by atoms with Gasteiger partial charge in [0.2, 0.25) is 0 Å². The number of hydrogen-bond donors (Lipinski definition) is 0. The van der Waals surface area contributed by atoms with Crippen LogP contribution >= 0.6 is 11.3 Å². The summed E-state index contributed by atoms with van der Waals surface area (Å²) in [5, 5.41) is 4.82. The van der Waals surface area contributed by atoms with E-state index in [0.29, 0.717) is 5.92 Å². The molecule has 0 unspecified atom stereocenters. The Morgan fingerprint density at radius 3 is 2.19 bits per heavy atom. The summed E-state index contributed by atoms with van der Waals surface area (Å²) in [6.07, 6.45) is 3.29. The van der Waals surface area contributed by atoms with E-state index in [1.165, 1.54) is 41.3 Å². The van der Waals surface area contributed by atoms with Crippen LogP contribution < -0.4 is 4.40 Å². The number of nitrogens with zero attached hydrogens (tertiary/aromatic N) is 3. The van der Waals surface area contributed by atoms with Crippen LogP contribution in [0.2, 0.25) is 17.3 Å². The monoisotopic (exact) mass is 1060 g/mol. The Hall–Kier alpha value is -5.63. The van der Waals surface area contributed by atoms with E-state index in [4.69, 9.17) is 14.4 Å². The van der Waals surface area contributed by atoms with Crippen molar-refractivity contribution < 1.29 is 24.5 Å². The van der Waals surface area contributed by atoms with Crippen molar-refractivity contribution in [3.8, 4) is 39.5 Å². The number of aromatic nitrogens is 3. The summed E-state index contributed by atoms with van der Waals surface area (Å²) in [5.74, 6) is 8.83. The molecule has 1 radical (unpaired) electrons. The SMILES string of the molecule is CC(C)Cc1cc(-c2[c-]cc3sc4ccccc4c3c2)nc[c]1[Ge]([CH3])([CH3])[CH3].[Ir].[c-]1ccc2c(oc3ccccc32)c1-c1nc2ccccc2n1-c1ccc(-c2ccccc2)cc1. The van der Waals surface area contributed by atoms with Crippen LogP contribution in [0.5, 0.6) is 0 Å². The first-order chi connectivity index (χ1) is 29.7. The molecule has 11 rings (SSSR count). The molecular formula is C55H45GeIrN3OS-2. The first-order valence-corrected chi connectivity index (χ1v) is 29.1. The maximum Gasteiger partial charge on any atom is 0.120 e. The van der Waals surface area contributed by atoms with Gasteiger partial charge in [-0.1, -0.05) is 83.7 Å². The number of pyridine rings is 1. The largest absolute Gasteiger partial charge is 0.501 e. The van der Waals surface area contributed by atoms with Crippen molar-refractivity contribution in [2.24, 2.45) is 5.92 Å². The minimum absolute atomic E-state index is 0.